The number of rotatable bonds is 3. The number of hydrogen-bond donors (Lipinski definition) is 6. The van der Waals surface area contributed by atoms with Gasteiger partial charge in [0.05, 0.1) is 16.0 Å². The highest BCUT2D eigenvalue weighted by Crippen LogP contribution is 2.15. The normalized spacial score (nSPS) is 9.32. The molecule has 0 aliphatic carbocycles. The van der Waals surface area contributed by atoms with Crippen molar-refractivity contribution in [3.8, 4) is 0 Å². The fourth-order valence-corrected chi connectivity index (χ4v) is 1.55. The molecule has 0 saturated carbocycles. The molecule has 0 aliphatic heterocycles. The Kier molecular flexibility index (Phi) is 8.63. The Morgan fingerprint density at radius 1 is 0.842 bits per heavy atom. The van der Waals surface area contributed by atoms with Gasteiger partial charge in [-0.1, -0.05) is 0 Å². The second-order valence-electron chi connectivity index (χ2n) is 2.83. The van der Waals surface area contributed by atoms with Gasteiger partial charge in [0.15, 0.2) is 0 Å². The van der Waals surface area contributed by atoms with E-state index in [1.807, 2.05) is 0 Å². The van der Waals surface area contributed by atoms with Crippen LogP contribution >= 0.6 is 0 Å². The molecule has 0 fully saturated rings. The van der Waals surface area contributed by atoms with Crippen molar-refractivity contribution >= 4 is 22.1 Å². The maximum atomic E-state index is 10.8. The Balaban J connectivity index is -0.000000853. The van der Waals surface area contributed by atoms with Crippen LogP contribution in [0.2, 0.25) is 0 Å². The van der Waals surface area contributed by atoms with Gasteiger partial charge in [-0.25, -0.2) is 9.59 Å². The molecule has 0 heterocycles. The minimum absolute atomic E-state index is 0. The first-order valence-corrected chi connectivity index (χ1v) is 5.25. The lowest BCUT2D eigenvalue weighted by Crippen LogP contribution is -2.07. The molecule has 1 aromatic rings. The summed E-state index contributed by atoms with van der Waals surface area (Å²) in [5, 5.41) is 17.2. The summed E-state index contributed by atoms with van der Waals surface area (Å²) >= 11 is 0. The number of benzene rings is 1. The SMILES string of the molecule is N.N.N.O=C(O)c1cc(C(=O)O)cc(S(=O)(=O)O)c1. The third-order valence-corrected chi connectivity index (χ3v) is 2.53. The first-order chi connectivity index (χ1) is 7.21. The second-order valence-corrected chi connectivity index (χ2v) is 4.25. The van der Waals surface area contributed by atoms with Gasteiger partial charge < -0.3 is 28.7 Å². The molecule has 10 nitrogen and oxygen atoms in total. The third kappa shape index (κ3) is 5.41. The number of aromatic carboxylic acids is 2. The van der Waals surface area contributed by atoms with Crippen molar-refractivity contribution in [1.29, 1.82) is 0 Å². The lowest BCUT2D eigenvalue weighted by Gasteiger charge is -2.02. The van der Waals surface area contributed by atoms with E-state index in [0.29, 0.717) is 12.1 Å². The topological polar surface area (TPSA) is 234 Å². The fraction of sp³-hybridized carbons (Fsp3) is 0. The first-order valence-electron chi connectivity index (χ1n) is 3.81. The van der Waals surface area contributed by atoms with Crippen molar-refractivity contribution in [3.63, 3.8) is 0 Å². The largest absolute Gasteiger partial charge is 0.478 e. The van der Waals surface area contributed by atoms with E-state index in [1.165, 1.54) is 0 Å². The maximum Gasteiger partial charge on any atom is 0.335 e. The molecule has 110 valence electrons. The minimum Gasteiger partial charge on any atom is -0.478 e. The summed E-state index contributed by atoms with van der Waals surface area (Å²) in [5.41, 5.74) is -1.07. The van der Waals surface area contributed by atoms with E-state index in [4.69, 9.17) is 14.8 Å². The lowest BCUT2D eigenvalue weighted by molar-refractivity contribution is 0.0696. The van der Waals surface area contributed by atoms with Crippen LogP contribution in [0.4, 0.5) is 0 Å². The van der Waals surface area contributed by atoms with Gasteiger partial charge in [0.25, 0.3) is 10.1 Å². The van der Waals surface area contributed by atoms with Crippen LogP contribution in [0.3, 0.4) is 0 Å². The van der Waals surface area contributed by atoms with Crippen molar-refractivity contribution in [2.75, 3.05) is 0 Å². The number of carbonyl (C=O) groups is 2. The number of hydrogen-bond acceptors (Lipinski definition) is 7. The highest BCUT2D eigenvalue weighted by Gasteiger charge is 2.17. The van der Waals surface area contributed by atoms with E-state index < -0.39 is 38.1 Å². The van der Waals surface area contributed by atoms with Crippen LogP contribution in [0.15, 0.2) is 23.1 Å². The molecule has 0 unspecified atom stereocenters. The number of carboxylic acids is 2. The Hall–Kier alpha value is -2.05. The molecule has 11 heteroatoms. The zero-order valence-corrected chi connectivity index (χ0v) is 10.6. The van der Waals surface area contributed by atoms with Crippen molar-refractivity contribution in [2.24, 2.45) is 0 Å². The van der Waals surface area contributed by atoms with Crippen molar-refractivity contribution in [3.05, 3.63) is 29.3 Å². The third-order valence-electron chi connectivity index (χ3n) is 1.70. The minimum atomic E-state index is -4.64. The zero-order valence-electron chi connectivity index (χ0n) is 9.74. The molecule has 1 rings (SSSR count). The molecule has 0 amide bonds. The van der Waals surface area contributed by atoms with Gasteiger partial charge in [-0.3, -0.25) is 4.55 Å². The summed E-state index contributed by atoms with van der Waals surface area (Å²) in [6, 6.07) is 2.13. The second kappa shape index (κ2) is 7.40. The predicted molar refractivity (Wildman–Crippen MR) is 65.2 cm³/mol. The Morgan fingerprint density at radius 3 is 1.37 bits per heavy atom. The van der Waals surface area contributed by atoms with Gasteiger partial charge in [-0.15, -0.1) is 0 Å². The maximum absolute atomic E-state index is 10.8. The van der Waals surface area contributed by atoms with Crippen molar-refractivity contribution < 1.29 is 32.8 Å². The lowest BCUT2D eigenvalue weighted by atomic mass is 10.1. The van der Waals surface area contributed by atoms with Crippen LogP contribution in [-0.2, 0) is 10.1 Å². The molecule has 0 aliphatic rings. The van der Waals surface area contributed by atoms with Crippen molar-refractivity contribution in [1.82, 2.24) is 18.5 Å². The van der Waals surface area contributed by atoms with E-state index >= 15 is 0 Å². The van der Waals surface area contributed by atoms with Crippen LogP contribution in [0, 0.1) is 0 Å². The van der Waals surface area contributed by atoms with E-state index in [9.17, 15) is 18.0 Å². The van der Waals surface area contributed by atoms with Gasteiger partial charge in [0.2, 0.25) is 0 Å². The van der Waals surface area contributed by atoms with Crippen LogP contribution in [-0.4, -0.2) is 35.1 Å². The molecular weight excluding hydrogens is 282 g/mol. The molecule has 0 aromatic heterocycles. The highest BCUT2D eigenvalue weighted by atomic mass is 32.2. The highest BCUT2D eigenvalue weighted by molar-refractivity contribution is 7.85. The molecule has 0 atom stereocenters. The monoisotopic (exact) mass is 297 g/mol. The predicted octanol–water partition coefficient (Wildman–Crippen LogP) is 0.816. The van der Waals surface area contributed by atoms with Gasteiger partial charge in [0, 0.05) is 0 Å². The average molecular weight is 297 g/mol. The fourth-order valence-electron chi connectivity index (χ4n) is 0.995. The van der Waals surface area contributed by atoms with E-state index in [2.05, 4.69) is 0 Å². The summed E-state index contributed by atoms with van der Waals surface area (Å²) < 4.78 is 30.2. The molecule has 19 heavy (non-hydrogen) atoms. The quantitative estimate of drug-likeness (QED) is 0.429. The zero-order chi connectivity index (χ0) is 12.5. The van der Waals surface area contributed by atoms with Gasteiger partial charge in [0.1, 0.15) is 0 Å². The Morgan fingerprint density at radius 2 is 1.16 bits per heavy atom. The molecule has 12 N–H and O–H groups in total. The Labute approximate surface area is 108 Å². The summed E-state index contributed by atoms with van der Waals surface area (Å²) in [6.45, 7) is 0. The van der Waals surface area contributed by atoms with E-state index in [1.54, 1.807) is 0 Å². The van der Waals surface area contributed by atoms with Crippen LogP contribution in [0.5, 0.6) is 0 Å². The standard InChI is InChI=1S/C8H6O7S.3H3N/c9-7(10)4-1-5(8(11)12)3-6(2-4)16(13,14)15;;;/h1-3H,(H,9,10)(H,11,12)(H,13,14,15);3*1H3. The van der Waals surface area contributed by atoms with Crippen LogP contribution < -0.4 is 18.5 Å². The average Bonchev–Trinajstić information content (AvgIpc) is 2.15. The summed E-state index contributed by atoms with van der Waals surface area (Å²) in [7, 11) is -4.64. The number of carboxylic acid groups (broad SMARTS) is 2. The van der Waals surface area contributed by atoms with Gasteiger partial charge in [-0.05, 0) is 18.2 Å². The molecule has 1 aromatic carbocycles. The first kappa shape index (κ1) is 22.2. The van der Waals surface area contributed by atoms with Crippen molar-refractivity contribution in [2.45, 2.75) is 4.90 Å². The Bertz CT molecular complexity index is 537. The molecule has 0 saturated heterocycles. The van der Waals surface area contributed by atoms with Crippen LogP contribution in [0.25, 0.3) is 0 Å². The van der Waals surface area contributed by atoms with Gasteiger partial charge in [-0.2, -0.15) is 8.42 Å². The molecule has 0 radical (unpaired) electrons. The molecule has 0 spiro atoms. The summed E-state index contributed by atoms with van der Waals surface area (Å²) in [4.78, 5) is 20.4. The van der Waals surface area contributed by atoms with Gasteiger partial charge >= 0.3 is 11.9 Å². The summed E-state index contributed by atoms with van der Waals surface area (Å²) in [5.74, 6) is -2.99. The van der Waals surface area contributed by atoms with E-state index in [0.717, 1.165) is 6.07 Å². The smallest absolute Gasteiger partial charge is 0.335 e. The van der Waals surface area contributed by atoms with E-state index in [-0.39, 0.29) is 18.5 Å². The summed E-state index contributed by atoms with van der Waals surface area (Å²) in [6.07, 6.45) is 0. The molecule has 0 bridgehead atoms. The van der Waals surface area contributed by atoms with Crippen LogP contribution in [0.1, 0.15) is 20.7 Å². The molecular formula is C8H15N3O7S.